The van der Waals surface area contributed by atoms with E-state index in [0.717, 1.165) is 16.5 Å². The summed E-state index contributed by atoms with van der Waals surface area (Å²) < 4.78 is 0. The van der Waals surface area contributed by atoms with Gasteiger partial charge in [-0.05, 0) is 29.7 Å². The molecule has 1 fully saturated rings. The van der Waals surface area contributed by atoms with Crippen molar-refractivity contribution in [2.24, 2.45) is 5.92 Å². The number of likely N-dealkylation sites (tertiary alicyclic amines) is 1. The van der Waals surface area contributed by atoms with Gasteiger partial charge in [0.25, 0.3) is 0 Å². The first-order chi connectivity index (χ1) is 10.1. The first-order valence-electron chi connectivity index (χ1n) is 7.01. The molecule has 1 aliphatic rings. The molecule has 0 unspecified atom stereocenters. The van der Waals surface area contributed by atoms with Gasteiger partial charge in [0.1, 0.15) is 0 Å². The summed E-state index contributed by atoms with van der Waals surface area (Å²) in [6.45, 7) is 2.19. The molecule has 0 bridgehead atoms. The molecule has 108 valence electrons. The van der Waals surface area contributed by atoms with Crippen LogP contribution in [0.15, 0.2) is 30.5 Å². The number of imide groups is 1. The van der Waals surface area contributed by atoms with E-state index in [2.05, 4.69) is 4.98 Å². The largest absolute Gasteiger partial charge is 0.398 e. The summed E-state index contributed by atoms with van der Waals surface area (Å²) in [6.07, 6.45) is 2.53. The highest BCUT2D eigenvalue weighted by molar-refractivity contribution is 5.98. The minimum Gasteiger partial charge on any atom is -0.398 e. The monoisotopic (exact) mass is 283 g/mol. The molecule has 2 heterocycles. The first kappa shape index (κ1) is 13.5. The van der Waals surface area contributed by atoms with Crippen LogP contribution in [0.3, 0.4) is 0 Å². The van der Waals surface area contributed by atoms with Crippen molar-refractivity contribution >= 4 is 28.4 Å². The number of benzene rings is 1. The molecule has 0 aliphatic carbocycles. The van der Waals surface area contributed by atoms with Gasteiger partial charge in [0, 0.05) is 30.1 Å². The predicted molar refractivity (Wildman–Crippen MR) is 80.1 cm³/mol. The third kappa shape index (κ3) is 2.46. The van der Waals surface area contributed by atoms with Crippen molar-refractivity contribution in [2.75, 3.05) is 5.73 Å². The smallest absolute Gasteiger partial charge is 0.229 e. The number of hydrogen-bond acceptors (Lipinski definition) is 4. The lowest BCUT2D eigenvalue weighted by Crippen LogP contribution is -2.42. The molecule has 0 atom stereocenters. The summed E-state index contributed by atoms with van der Waals surface area (Å²) in [7, 11) is 0. The van der Waals surface area contributed by atoms with E-state index in [1.807, 2.05) is 25.1 Å². The minimum absolute atomic E-state index is 0.111. The van der Waals surface area contributed by atoms with Crippen LogP contribution in [-0.2, 0) is 16.1 Å². The molecule has 0 spiro atoms. The molecule has 3 rings (SSSR count). The topological polar surface area (TPSA) is 76.3 Å². The summed E-state index contributed by atoms with van der Waals surface area (Å²) >= 11 is 0. The highest BCUT2D eigenvalue weighted by Crippen LogP contribution is 2.26. The van der Waals surface area contributed by atoms with Crippen molar-refractivity contribution in [3.63, 3.8) is 0 Å². The standard InChI is InChI=1S/C16H17N3O2/c1-10-7-14(20)19(15(21)8-10)9-11-4-5-13(17)12-3-2-6-18-16(11)12/h2-6,10H,7-9,17H2,1H3. The second-order valence-corrected chi connectivity index (χ2v) is 5.60. The number of nitrogens with zero attached hydrogens (tertiary/aromatic N) is 2. The molecule has 2 amide bonds. The van der Waals surface area contributed by atoms with E-state index < -0.39 is 0 Å². The number of aromatic nitrogens is 1. The van der Waals surface area contributed by atoms with Crippen LogP contribution < -0.4 is 5.73 Å². The lowest BCUT2D eigenvalue weighted by molar-refractivity contribution is -0.150. The summed E-state index contributed by atoms with van der Waals surface area (Å²) in [4.78, 5) is 29.8. The number of nitrogen functional groups attached to an aromatic ring is 1. The van der Waals surface area contributed by atoms with Crippen molar-refractivity contribution in [3.05, 3.63) is 36.0 Å². The Labute approximate surface area is 122 Å². The Morgan fingerprint density at radius 1 is 1.24 bits per heavy atom. The highest BCUT2D eigenvalue weighted by atomic mass is 16.2. The fourth-order valence-corrected chi connectivity index (χ4v) is 2.76. The van der Waals surface area contributed by atoms with E-state index in [9.17, 15) is 9.59 Å². The van der Waals surface area contributed by atoms with Gasteiger partial charge in [0.05, 0.1) is 12.1 Å². The fraction of sp³-hybridized carbons (Fsp3) is 0.312. The van der Waals surface area contributed by atoms with Crippen LogP contribution in [-0.4, -0.2) is 21.7 Å². The summed E-state index contributed by atoms with van der Waals surface area (Å²) in [5.41, 5.74) is 8.18. The number of rotatable bonds is 2. The highest BCUT2D eigenvalue weighted by Gasteiger charge is 2.30. The maximum absolute atomic E-state index is 12.1. The van der Waals surface area contributed by atoms with Crippen LogP contribution in [0.4, 0.5) is 5.69 Å². The number of pyridine rings is 1. The molecular formula is C16H17N3O2. The number of anilines is 1. The third-order valence-corrected chi connectivity index (χ3v) is 3.86. The lowest BCUT2D eigenvalue weighted by Gasteiger charge is -2.28. The lowest BCUT2D eigenvalue weighted by atomic mass is 9.97. The second kappa shape index (κ2) is 5.16. The molecule has 21 heavy (non-hydrogen) atoms. The summed E-state index contributed by atoms with van der Waals surface area (Å²) in [5, 5.41) is 0.847. The Balaban J connectivity index is 1.97. The van der Waals surface area contributed by atoms with E-state index in [1.165, 1.54) is 4.90 Å². The maximum Gasteiger partial charge on any atom is 0.229 e. The first-order valence-corrected chi connectivity index (χ1v) is 7.01. The molecule has 0 saturated carbocycles. The third-order valence-electron chi connectivity index (χ3n) is 3.86. The van der Waals surface area contributed by atoms with Crippen LogP contribution in [0.2, 0.25) is 0 Å². The Morgan fingerprint density at radius 3 is 2.67 bits per heavy atom. The molecule has 0 radical (unpaired) electrons. The Kier molecular flexibility index (Phi) is 3.33. The average molecular weight is 283 g/mol. The molecule has 2 aromatic rings. The number of carbonyl (C=O) groups excluding carboxylic acids is 2. The second-order valence-electron chi connectivity index (χ2n) is 5.60. The molecule has 5 nitrogen and oxygen atoms in total. The van der Waals surface area contributed by atoms with Gasteiger partial charge in [-0.3, -0.25) is 19.5 Å². The van der Waals surface area contributed by atoms with Gasteiger partial charge in [-0.25, -0.2) is 0 Å². The molecular weight excluding hydrogens is 266 g/mol. The average Bonchev–Trinajstić information content (AvgIpc) is 2.45. The van der Waals surface area contributed by atoms with Crippen LogP contribution in [0.25, 0.3) is 10.9 Å². The van der Waals surface area contributed by atoms with Gasteiger partial charge in [0.15, 0.2) is 0 Å². The SMILES string of the molecule is CC1CC(=O)N(Cc2ccc(N)c3cccnc23)C(=O)C1. The normalized spacial score (nSPS) is 16.7. The Bertz CT molecular complexity index is 709. The molecule has 1 aromatic heterocycles. The van der Waals surface area contributed by atoms with Gasteiger partial charge in [-0.15, -0.1) is 0 Å². The number of hydrogen-bond donors (Lipinski definition) is 1. The number of fused-ring (bicyclic) bond motifs is 1. The molecule has 2 N–H and O–H groups in total. The van der Waals surface area contributed by atoms with Gasteiger partial charge in [-0.2, -0.15) is 0 Å². The summed E-state index contributed by atoms with van der Waals surface area (Å²) in [6, 6.07) is 7.34. The summed E-state index contributed by atoms with van der Waals surface area (Å²) in [5.74, 6) is -0.0955. The van der Waals surface area contributed by atoms with Crippen molar-refractivity contribution < 1.29 is 9.59 Å². The van der Waals surface area contributed by atoms with Gasteiger partial charge < -0.3 is 5.73 Å². The molecule has 1 saturated heterocycles. The zero-order valence-corrected chi connectivity index (χ0v) is 11.9. The predicted octanol–water partition coefficient (Wildman–Crippen LogP) is 2.10. The zero-order valence-electron chi connectivity index (χ0n) is 11.9. The zero-order chi connectivity index (χ0) is 15.0. The Morgan fingerprint density at radius 2 is 1.95 bits per heavy atom. The minimum atomic E-state index is -0.111. The van der Waals surface area contributed by atoms with Gasteiger partial charge in [0.2, 0.25) is 11.8 Å². The van der Waals surface area contributed by atoms with E-state index >= 15 is 0 Å². The van der Waals surface area contributed by atoms with Crippen LogP contribution in [0.5, 0.6) is 0 Å². The number of nitrogens with two attached hydrogens (primary N) is 1. The van der Waals surface area contributed by atoms with E-state index in [0.29, 0.717) is 18.5 Å². The van der Waals surface area contributed by atoms with Crippen molar-refractivity contribution in [1.29, 1.82) is 0 Å². The fourth-order valence-electron chi connectivity index (χ4n) is 2.76. The van der Waals surface area contributed by atoms with Crippen LogP contribution in [0, 0.1) is 5.92 Å². The van der Waals surface area contributed by atoms with E-state index in [1.54, 1.807) is 12.3 Å². The van der Waals surface area contributed by atoms with Crippen molar-refractivity contribution in [2.45, 2.75) is 26.3 Å². The van der Waals surface area contributed by atoms with Gasteiger partial charge in [-0.1, -0.05) is 13.0 Å². The number of carbonyl (C=O) groups is 2. The number of amides is 2. The molecule has 5 heteroatoms. The van der Waals surface area contributed by atoms with E-state index in [4.69, 9.17) is 5.73 Å². The molecule has 1 aliphatic heterocycles. The quantitative estimate of drug-likeness (QED) is 0.676. The van der Waals surface area contributed by atoms with Gasteiger partial charge >= 0.3 is 0 Å². The van der Waals surface area contributed by atoms with Crippen LogP contribution >= 0.6 is 0 Å². The maximum atomic E-state index is 12.1. The van der Waals surface area contributed by atoms with E-state index in [-0.39, 0.29) is 24.3 Å². The Hall–Kier alpha value is -2.43. The molecule has 1 aromatic carbocycles. The van der Waals surface area contributed by atoms with Crippen molar-refractivity contribution in [1.82, 2.24) is 9.88 Å². The van der Waals surface area contributed by atoms with Crippen molar-refractivity contribution in [3.8, 4) is 0 Å². The number of piperidine rings is 1. The van der Waals surface area contributed by atoms with Crippen LogP contribution in [0.1, 0.15) is 25.3 Å².